The fourth-order valence-electron chi connectivity index (χ4n) is 1.79. The molecule has 98 valence electrons. The zero-order valence-corrected chi connectivity index (χ0v) is 10.2. The molecular formula is C15H11F3O. The maximum Gasteiger partial charge on any atom is 0.195 e. The van der Waals surface area contributed by atoms with Crippen LogP contribution in [0.5, 0.6) is 0 Å². The third-order valence-corrected chi connectivity index (χ3v) is 2.87. The topological polar surface area (TPSA) is 17.1 Å². The number of benzene rings is 2. The molecule has 0 aliphatic rings. The number of hydrogen-bond donors (Lipinski definition) is 0. The molecule has 0 aromatic heterocycles. The van der Waals surface area contributed by atoms with E-state index in [2.05, 4.69) is 0 Å². The summed E-state index contributed by atoms with van der Waals surface area (Å²) < 4.78 is 39.6. The Kier molecular flexibility index (Phi) is 3.69. The van der Waals surface area contributed by atoms with E-state index in [1.165, 1.54) is 18.2 Å². The second kappa shape index (κ2) is 5.26. The number of carbonyl (C=O) groups excluding carboxylic acids is 1. The average molecular weight is 264 g/mol. The van der Waals surface area contributed by atoms with Crippen LogP contribution in [-0.2, 0) is 0 Å². The van der Waals surface area contributed by atoms with Crippen molar-refractivity contribution in [2.45, 2.75) is 13.3 Å². The Morgan fingerprint density at radius 1 is 0.947 bits per heavy atom. The Balaban J connectivity index is 2.43. The zero-order valence-electron chi connectivity index (χ0n) is 10.2. The molecule has 0 fully saturated rings. The molecular weight excluding hydrogens is 253 g/mol. The van der Waals surface area contributed by atoms with Gasteiger partial charge >= 0.3 is 0 Å². The highest BCUT2D eigenvalue weighted by molar-refractivity contribution is 5.96. The van der Waals surface area contributed by atoms with Gasteiger partial charge in [-0.2, -0.15) is 0 Å². The molecule has 0 bridgehead atoms. The van der Waals surface area contributed by atoms with Crippen molar-refractivity contribution in [1.29, 1.82) is 0 Å². The van der Waals surface area contributed by atoms with Gasteiger partial charge in [0.05, 0.1) is 0 Å². The first-order valence-corrected chi connectivity index (χ1v) is 5.81. The molecule has 0 N–H and O–H groups in total. The Labute approximate surface area is 108 Å². The van der Waals surface area contributed by atoms with Crippen molar-refractivity contribution in [2.24, 2.45) is 0 Å². The minimum absolute atomic E-state index is 0.0303. The van der Waals surface area contributed by atoms with Crippen LogP contribution in [0, 0.1) is 17.5 Å². The number of halogens is 3. The maximum absolute atomic E-state index is 13.6. The average Bonchev–Trinajstić information content (AvgIpc) is 2.44. The Hall–Kier alpha value is -2.10. The summed E-state index contributed by atoms with van der Waals surface area (Å²) in [4.78, 5) is 11.4. The lowest BCUT2D eigenvalue weighted by Gasteiger charge is -2.06. The molecule has 0 aliphatic heterocycles. The highest BCUT2D eigenvalue weighted by Gasteiger charge is 2.14. The fourth-order valence-corrected chi connectivity index (χ4v) is 1.79. The molecule has 0 heterocycles. The van der Waals surface area contributed by atoms with Gasteiger partial charge in [-0.25, -0.2) is 13.2 Å². The maximum atomic E-state index is 13.6. The number of carbonyl (C=O) groups is 1. The van der Waals surface area contributed by atoms with Crippen LogP contribution in [0.25, 0.3) is 11.1 Å². The van der Waals surface area contributed by atoms with Crippen LogP contribution < -0.4 is 0 Å². The van der Waals surface area contributed by atoms with Gasteiger partial charge < -0.3 is 0 Å². The molecule has 0 saturated carbocycles. The molecule has 2 rings (SSSR count). The third kappa shape index (κ3) is 2.52. The predicted molar refractivity (Wildman–Crippen MR) is 66.4 cm³/mol. The summed E-state index contributed by atoms with van der Waals surface area (Å²) in [5.41, 5.74) is 0.868. The molecule has 0 amide bonds. The number of ketones is 1. The van der Waals surface area contributed by atoms with Gasteiger partial charge in [0.1, 0.15) is 0 Å². The van der Waals surface area contributed by atoms with Crippen molar-refractivity contribution < 1.29 is 18.0 Å². The van der Waals surface area contributed by atoms with Crippen molar-refractivity contribution in [2.75, 3.05) is 0 Å². The van der Waals surface area contributed by atoms with Crippen LogP contribution in [0.15, 0.2) is 36.4 Å². The number of hydrogen-bond acceptors (Lipinski definition) is 1. The number of rotatable bonds is 3. The second-order valence-electron chi connectivity index (χ2n) is 4.08. The molecule has 0 unspecified atom stereocenters. The van der Waals surface area contributed by atoms with E-state index in [0.717, 1.165) is 6.07 Å². The van der Waals surface area contributed by atoms with E-state index in [9.17, 15) is 18.0 Å². The van der Waals surface area contributed by atoms with Gasteiger partial charge in [-0.05, 0) is 17.7 Å². The molecule has 0 atom stereocenters. The van der Waals surface area contributed by atoms with E-state index in [1.807, 2.05) is 0 Å². The lowest BCUT2D eigenvalue weighted by Crippen LogP contribution is -1.97. The Morgan fingerprint density at radius 3 is 2.16 bits per heavy atom. The Bertz CT molecular complexity index is 618. The van der Waals surface area contributed by atoms with E-state index in [4.69, 9.17) is 0 Å². The van der Waals surface area contributed by atoms with Gasteiger partial charge in [-0.3, -0.25) is 4.79 Å². The first-order chi connectivity index (χ1) is 9.04. The normalized spacial score (nSPS) is 10.5. The highest BCUT2D eigenvalue weighted by Crippen LogP contribution is 2.26. The molecule has 4 heteroatoms. The molecule has 0 spiro atoms. The van der Waals surface area contributed by atoms with E-state index in [-0.39, 0.29) is 11.3 Å². The molecule has 1 nitrogen and oxygen atoms in total. The van der Waals surface area contributed by atoms with Gasteiger partial charge in [-0.1, -0.05) is 31.2 Å². The van der Waals surface area contributed by atoms with Gasteiger partial charge in [0.25, 0.3) is 0 Å². The standard InChI is InChI=1S/C15H11F3O/c1-2-13(19)10-5-3-9(4-6-10)11-7-8-12(16)15(18)14(11)17/h3-8H,2H2,1H3. The first kappa shape index (κ1) is 13.3. The third-order valence-electron chi connectivity index (χ3n) is 2.87. The number of Topliss-reactive ketones (excluding diaryl/α,β-unsaturated/α-hetero) is 1. The van der Waals surface area contributed by atoms with Crippen LogP contribution in [0.1, 0.15) is 23.7 Å². The molecule has 2 aromatic rings. The first-order valence-electron chi connectivity index (χ1n) is 5.81. The minimum atomic E-state index is -1.49. The molecule has 0 saturated heterocycles. The van der Waals surface area contributed by atoms with Crippen molar-refractivity contribution in [1.82, 2.24) is 0 Å². The summed E-state index contributed by atoms with van der Waals surface area (Å²) in [6, 6.07) is 8.16. The van der Waals surface area contributed by atoms with Gasteiger partial charge in [0.15, 0.2) is 23.2 Å². The molecule has 0 radical (unpaired) electrons. The van der Waals surface area contributed by atoms with Crippen LogP contribution in [-0.4, -0.2) is 5.78 Å². The SMILES string of the molecule is CCC(=O)c1ccc(-c2ccc(F)c(F)c2F)cc1. The van der Waals surface area contributed by atoms with Crippen LogP contribution >= 0.6 is 0 Å². The van der Waals surface area contributed by atoms with Crippen LogP contribution in [0.4, 0.5) is 13.2 Å². The quantitative estimate of drug-likeness (QED) is 0.594. The highest BCUT2D eigenvalue weighted by atomic mass is 19.2. The van der Waals surface area contributed by atoms with Crippen LogP contribution in [0.2, 0.25) is 0 Å². The Morgan fingerprint density at radius 2 is 1.58 bits per heavy atom. The van der Waals surface area contributed by atoms with Gasteiger partial charge in [0.2, 0.25) is 0 Å². The summed E-state index contributed by atoms with van der Waals surface area (Å²) in [6.07, 6.45) is 0.374. The van der Waals surface area contributed by atoms with E-state index in [1.54, 1.807) is 19.1 Å². The van der Waals surface area contributed by atoms with E-state index < -0.39 is 17.5 Å². The van der Waals surface area contributed by atoms with Gasteiger partial charge in [-0.15, -0.1) is 0 Å². The van der Waals surface area contributed by atoms with Crippen LogP contribution in [0.3, 0.4) is 0 Å². The largest absolute Gasteiger partial charge is 0.294 e. The van der Waals surface area contributed by atoms with Crippen molar-refractivity contribution >= 4 is 5.78 Å². The summed E-state index contributed by atoms with van der Waals surface area (Å²) in [5.74, 6) is -3.97. The van der Waals surface area contributed by atoms with Crippen molar-refractivity contribution in [3.05, 3.63) is 59.4 Å². The smallest absolute Gasteiger partial charge is 0.195 e. The lowest BCUT2D eigenvalue weighted by atomic mass is 10.0. The summed E-state index contributed by atoms with van der Waals surface area (Å²) in [5, 5.41) is 0. The van der Waals surface area contributed by atoms with E-state index >= 15 is 0 Å². The van der Waals surface area contributed by atoms with E-state index in [0.29, 0.717) is 17.5 Å². The second-order valence-corrected chi connectivity index (χ2v) is 4.08. The monoisotopic (exact) mass is 264 g/mol. The zero-order chi connectivity index (χ0) is 14.0. The van der Waals surface area contributed by atoms with Crippen molar-refractivity contribution in [3.63, 3.8) is 0 Å². The fraction of sp³-hybridized carbons (Fsp3) is 0.133. The summed E-state index contributed by atoms with van der Waals surface area (Å²) in [7, 11) is 0. The van der Waals surface area contributed by atoms with Crippen molar-refractivity contribution in [3.8, 4) is 11.1 Å². The summed E-state index contributed by atoms with van der Waals surface area (Å²) >= 11 is 0. The molecule has 2 aromatic carbocycles. The lowest BCUT2D eigenvalue weighted by molar-refractivity contribution is 0.0988. The predicted octanol–water partition coefficient (Wildman–Crippen LogP) is 4.36. The summed E-state index contributed by atoms with van der Waals surface area (Å²) in [6.45, 7) is 1.74. The molecule has 0 aliphatic carbocycles. The molecule has 19 heavy (non-hydrogen) atoms. The van der Waals surface area contributed by atoms with Gasteiger partial charge in [0, 0.05) is 17.5 Å². The minimum Gasteiger partial charge on any atom is -0.294 e.